The molecule has 0 aliphatic carbocycles. The maximum atomic E-state index is 12.3. The number of aromatic carboxylic acids is 1. The fraction of sp³-hybridized carbons (Fsp3) is 0.100. The summed E-state index contributed by atoms with van der Waals surface area (Å²) >= 11 is 12.2. The van der Waals surface area contributed by atoms with Gasteiger partial charge in [0.15, 0.2) is 0 Å². The van der Waals surface area contributed by atoms with Gasteiger partial charge in [-0.2, -0.15) is 0 Å². The number of benzene rings is 2. The predicted octanol–water partition coefficient (Wildman–Crippen LogP) is 5.14. The molecule has 144 valence electrons. The maximum absolute atomic E-state index is 12.3. The Balaban J connectivity index is 1.93. The van der Waals surface area contributed by atoms with E-state index in [-0.39, 0.29) is 10.7 Å². The van der Waals surface area contributed by atoms with Crippen LogP contribution in [-0.2, 0) is 4.79 Å². The molecular formula is C20H16Cl2N2O4. The van der Waals surface area contributed by atoms with Crippen LogP contribution in [0.3, 0.4) is 0 Å². The van der Waals surface area contributed by atoms with Gasteiger partial charge < -0.3 is 20.1 Å². The van der Waals surface area contributed by atoms with Crippen LogP contribution in [-0.4, -0.2) is 29.1 Å². The summed E-state index contributed by atoms with van der Waals surface area (Å²) in [7, 11) is 1.56. The van der Waals surface area contributed by atoms with Crippen molar-refractivity contribution in [1.29, 1.82) is 0 Å². The van der Waals surface area contributed by atoms with Crippen molar-refractivity contribution in [3.63, 3.8) is 0 Å². The molecule has 0 fully saturated rings. The van der Waals surface area contributed by atoms with Gasteiger partial charge in [-0.15, -0.1) is 0 Å². The van der Waals surface area contributed by atoms with Gasteiger partial charge in [0.05, 0.1) is 12.1 Å². The summed E-state index contributed by atoms with van der Waals surface area (Å²) in [6, 6.07) is 8.35. The summed E-state index contributed by atoms with van der Waals surface area (Å²) in [5, 5.41) is 13.4. The Labute approximate surface area is 170 Å². The largest absolute Gasteiger partial charge is 0.497 e. The summed E-state index contributed by atoms with van der Waals surface area (Å²) in [6.45, 7) is 1.84. The maximum Gasteiger partial charge on any atom is 0.352 e. The number of carbonyl (C=O) groups excluding carboxylic acids is 1. The minimum absolute atomic E-state index is 0.0798. The molecule has 6 nitrogen and oxygen atoms in total. The molecule has 0 atom stereocenters. The third-order valence-electron chi connectivity index (χ3n) is 4.16. The molecule has 3 N–H and O–H groups in total. The van der Waals surface area contributed by atoms with Gasteiger partial charge >= 0.3 is 5.97 Å². The Morgan fingerprint density at radius 2 is 1.96 bits per heavy atom. The number of halogens is 2. The van der Waals surface area contributed by atoms with Crippen molar-refractivity contribution in [2.45, 2.75) is 6.92 Å². The van der Waals surface area contributed by atoms with E-state index in [1.165, 1.54) is 18.2 Å². The number of ether oxygens (including phenoxy) is 1. The molecule has 8 heteroatoms. The predicted molar refractivity (Wildman–Crippen MR) is 111 cm³/mol. The van der Waals surface area contributed by atoms with Crippen molar-refractivity contribution in [2.24, 2.45) is 0 Å². The normalized spacial score (nSPS) is 11.1. The molecule has 0 aliphatic rings. The number of nitrogens with one attached hydrogen (secondary N) is 2. The second-order valence-corrected chi connectivity index (χ2v) is 6.88. The van der Waals surface area contributed by atoms with Crippen molar-refractivity contribution >= 4 is 57.7 Å². The van der Waals surface area contributed by atoms with E-state index in [0.717, 1.165) is 5.56 Å². The van der Waals surface area contributed by atoms with Crippen LogP contribution in [0.2, 0.25) is 10.0 Å². The molecule has 1 amide bonds. The smallest absolute Gasteiger partial charge is 0.352 e. The van der Waals surface area contributed by atoms with Gasteiger partial charge in [-0.1, -0.05) is 23.2 Å². The second kappa shape index (κ2) is 7.96. The first-order valence-electron chi connectivity index (χ1n) is 8.18. The third-order valence-corrected chi connectivity index (χ3v) is 4.68. The molecule has 28 heavy (non-hydrogen) atoms. The molecule has 0 saturated heterocycles. The summed E-state index contributed by atoms with van der Waals surface area (Å²) < 4.78 is 5.14. The molecule has 0 bridgehead atoms. The Morgan fingerprint density at radius 3 is 2.61 bits per heavy atom. The SMILES string of the molecule is COc1ccc(NC(=O)C=Cc2c(C(=O)O)[nH]c3cc(Cl)cc(Cl)c23)c(C)c1. The number of aryl methyl sites for hydroxylation is 1. The van der Waals surface area contributed by atoms with Crippen LogP contribution < -0.4 is 10.1 Å². The molecule has 0 aliphatic heterocycles. The first-order chi connectivity index (χ1) is 13.3. The number of aromatic amines is 1. The molecule has 0 radical (unpaired) electrons. The first kappa shape index (κ1) is 19.8. The van der Waals surface area contributed by atoms with Gasteiger partial charge in [-0.05, 0) is 48.9 Å². The summed E-state index contributed by atoms with van der Waals surface area (Å²) in [5.41, 5.74) is 2.14. The molecule has 1 aromatic heterocycles. The van der Waals surface area contributed by atoms with E-state index in [9.17, 15) is 14.7 Å². The lowest BCUT2D eigenvalue weighted by Crippen LogP contribution is -2.09. The number of amides is 1. The monoisotopic (exact) mass is 418 g/mol. The van der Waals surface area contributed by atoms with Crippen LogP contribution in [0.15, 0.2) is 36.4 Å². The molecule has 3 rings (SSSR count). The van der Waals surface area contributed by atoms with Crippen molar-refractivity contribution < 1.29 is 19.4 Å². The zero-order valence-electron chi connectivity index (χ0n) is 15.0. The highest BCUT2D eigenvalue weighted by atomic mass is 35.5. The van der Waals surface area contributed by atoms with Crippen molar-refractivity contribution in [3.05, 3.63) is 63.3 Å². The number of fused-ring (bicyclic) bond motifs is 1. The van der Waals surface area contributed by atoms with Gasteiger partial charge in [0.2, 0.25) is 5.91 Å². The lowest BCUT2D eigenvalue weighted by atomic mass is 10.1. The van der Waals surface area contributed by atoms with Crippen molar-refractivity contribution in [3.8, 4) is 5.75 Å². The number of hydrogen-bond acceptors (Lipinski definition) is 3. The standard InChI is InChI=1S/C20H16Cl2N2O4/c1-10-7-12(28-2)3-5-15(10)23-17(25)6-4-13-18-14(22)8-11(21)9-16(18)24-19(13)20(26)27/h3-9,24H,1-2H3,(H,23,25)(H,26,27). The molecule has 3 aromatic rings. The van der Waals surface area contributed by atoms with Crippen LogP contribution in [0.25, 0.3) is 17.0 Å². The third kappa shape index (κ3) is 3.98. The van der Waals surface area contributed by atoms with E-state index in [1.807, 2.05) is 6.92 Å². The average molecular weight is 419 g/mol. The second-order valence-electron chi connectivity index (χ2n) is 6.03. The zero-order valence-corrected chi connectivity index (χ0v) is 16.5. The Bertz CT molecular complexity index is 1120. The van der Waals surface area contributed by atoms with Crippen LogP contribution in [0.1, 0.15) is 21.6 Å². The highest BCUT2D eigenvalue weighted by molar-refractivity contribution is 6.39. The average Bonchev–Trinajstić information content (AvgIpc) is 3.00. The van der Waals surface area contributed by atoms with E-state index in [1.54, 1.807) is 31.4 Å². The Morgan fingerprint density at radius 1 is 1.21 bits per heavy atom. The van der Waals surface area contributed by atoms with Crippen LogP contribution >= 0.6 is 23.2 Å². The summed E-state index contributed by atoms with van der Waals surface area (Å²) in [6.07, 6.45) is 2.67. The van der Waals surface area contributed by atoms with Crippen molar-refractivity contribution in [1.82, 2.24) is 4.98 Å². The molecular weight excluding hydrogens is 403 g/mol. The lowest BCUT2D eigenvalue weighted by Gasteiger charge is -2.08. The lowest BCUT2D eigenvalue weighted by molar-refractivity contribution is -0.111. The summed E-state index contributed by atoms with van der Waals surface area (Å²) in [4.78, 5) is 26.7. The van der Waals surface area contributed by atoms with Crippen LogP contribution in [0, 0.1) is 6.92 Å². The number of carboxylic acid groups (broad SMARTS) is 1. The van der Waals surface area contributed by atoms with E-state index in [4.69, 9.17) is 27.9 Å². The van der Waals surface area contributed by atoms with E-state index in [0.29, 0.717) is 32.9 Å². The van der Waals surface area contributed by atoms with E-state index >= 15 is 0 Å². The van der Waals surface area contributed by atoms with Gasteiger partial charge in [-0.3, -0.25) is 4.79 Å². The molecule has 2 aromatic carbocycles. The number of H-pyrrole nitrogens is 1. The fourth-order valence-corrected chi connectivity index (χ4v) is 3.44. The molecule has 0 unspecified atom stereocenters. The fourth-order valence-electron chi connectivity index (χ4n) is 2.85. The quantitative estimate of drug-likeness (QED) is 0.500. The van der Waals surface area contributed by atoms with Gasteiger partial charge in [0.25, 0.3) is 0 Å². The highest BCUT2D eigenvalue weighted by Gasteiger charge is 2.18. The number of methoxy groups -OCH3 is 1. The number of carboxylic acids is 1. The minimum atomic E-state index is -1.17. The first-order valence-corrected chi connectivity index (χ1v) is 8.93. The van der Waals surface area contributed by atoms with E-state index < -0.39 is 11.9 Å². The minimum Gasteiger partial charge on any atom is -0.497 e. The van der Waals surface area contributed by atoms with Crippen LogP contribution in [0.5, 0.6) is 5.75 Å². The summed E-state index contributed by atoms with van der Waals surface area (Å²) in [5.74, 6) is -0.900. The number of aromatic nitrogens is 1. The number of rotatable bonds is 5. The van der Waals surface area contributed by atoms with Gasteiger partial charge in [-0.25, -0.2) is 4.79 Å². The van der Waals surface area contributed by atoms with Crippen LogP contribution in [0.4, 0.5) is 5.69 Å². The number of carbonyl (C=O) groups is 2. The number of anilines is 1. The topological polar surface area (TPSA) is 91.4 Å². The Kier molecular flexibility index (Phi) is 5.63. The zero-order chi connectivity index (χ0) is 20.4. The molecule has 0 spiro atoms. The van der Waals surface area contributed by atoms with Gasteiger partial charge in [0.1, 0.15) is 11.4 Å². The Hall–Kier alpha value is -2.96. The highest BCUT2D eigenvalue weighted by Crippen LogP contribution is 2.33. The molecule has 1 heterocycles. The molecule has 0 saturated carbocycles. The van der Waals surface area contributed by atoms with Gasteiger partial charge in [0, 0.05) is 33.3 Å². The van der Waals surface area contributed by atoms with E-state index in [2.05, 4.69) is 10.3 Å². The number of hydrogen-bond donors (Lipinski definition) is 3. The van der Waals surface area contributed by atoms with Crippen molar-refractivity contribution in [2.75, 3.05) is 12.4 Å².